The van der Waals surface area contributed by atoms with Crippen molar-refractivity contribution in [3.05, 3.63) is 77.4 Å². The van der Waals surface area contributed by atoms with Gasteiger partial charge >= 0.3 is 12.4 Å². The van der Waals surface area contributed by atoms with Gasteiger partial charge < -0.3 is 5.32 Å². The van der Waals surface area contributed by atoms with Crippen molar-refractivity contribution < 1.29 is 44.3 Å². The van der Waals surface area contributed by atoms with Crippen molar-refractivity contribution in [3.63, 3.8) is 0 Å². The summed E-state index contributed by atoms with van der Waals surface area (Å²) in [6.45, 7) is -2.90. The molecule has 0 atom stereocenters. The zero-order valence-electron chi connectivity index (χ0n) is 16.8. The van der Waals surface area contributed by atoms with Gasteiger partial charge in [0.2, 0.25) is 0 Å². The number of alkyl halides is 8. The van der Waals surface area contributed by atoms with Gasteiger partial charge in [0.05, 0.1) is 29.4 Å². The van der Waals surface area contributed by atoms with Crippen molar-refractivity contribution in [2.45, 2.75) is 24.8 Å². The van der Waals surface area contributed by atoms with Gasteiger partial charge in [-0.15, -0.1) is 0 Å². The summed E-state index contributed by atoms with van der Waals surface area (Å²) < 4.78 is 120. The molecule has 0 aliphatic carbocycles. The Balaban J connectivity index is 1.76. The van der Waals surface area contributed by atoms with Crippen LogP contribution in [0.5, 0.6) is 0 Å². The van der Waals surface area contributed by atoms with Gasteiger partial charge in [-0.2, -0.15) is 40.2 Å². The lowest BCUT2D eigenvalue weighted by Gasteiger charge is -2.19. The number of aromatic nitrogens is 2. The van der Waals surface area contributed by atoms with Crippen LogP contribution in [-0.4, -0.2) is 28.4 Å². The zero-order valence-corrected chi connectivity index (χ0v) is 16.8. The summed E-state index contributed by atoms with van der Waals surface area (Å²) >= 11 is 0. The molecule has 2 aromatic carbocycles. The van der Waals surface area contributed by atoms with Gasteiger partial charge in [-0.3, -0.25) is 9.48 Å². The van der Waals surface area contributed by atoms with Gasteiger partial charge in [0.1, 0.15) is 12.4 Å². The first kappa shape index (κ1) is 25.1. The predicted molar refractivity (Wildman–Crippen MR) is 101 cm³/mol. The first-order valence-electron chi connectivity index (χ1n) is 9.39. The number of rotatable bonds is 6. The highest BCUT2D eigenvalue weighted by Crippen LogP contribution is 2.34. The maximum absolute atomic E-state index is 14.5. The van der Waals surface area contributed by atoms with E-state index in [2.05, 4.69) is 5.10 Å². The van der Waals surface area contributed by atoms with Crippen molar-refractivity contribution in [2.75, 3.05) is 6.54 Å². The van der Waals surface area contributed by atoms with E-state index in [0.29, 0.717) is 22.9 Å². The molecule has 182 valence electrons. The van der Waals surface area contributed by atoms with Crippen LogP contribution in [-0.2, 0) is 18.6 Å². The van der Waals surface area contributed by atoms with E-state index >= 15 is 0 Å². The summed E-state index contributed by atoms with van der Waals surface area (Å²) in [7, 11) is 0. The van der Waals surface area contributed by atoms with E-state index in [9.17, 15) is 44.3 Å². The molecule has 1 heterocycles. The molecule has 0 fully saturated rings. The van der Waals surface area contributed by atoms with E-state index in [1.165, 1.54) is 0 Å². The Morgan fingerprint density at radius 3 is 2.21 bits per heavy atom. The number of carbonyl (C=O) groups is 1. The Kier molecular flexibility index (Phi) is 6.67. The molecule has 0 saturated carbocycles. The lowest BCUT2D eigenvalue weighted by molar-refractivity contribution is -0.142. The molecule has 0 aliphatic heterocycles. The molecule has 1 N–H and O–H groups in total. The number of halogens is 9. The van der Waals surface area contributed by atoms with Gasteiger partial charge in [-0.25, -0.2) is 4.39 Å². The highest BCUT2D eigenvalue weighted by molar-refractivity contribution is 5.95. The number of carbonyl (C=O) groups excluding carboxylic acids is 1. The number of amides is 1. The topological polar surface area (TPSA) is 46.9 Å². The lowest BCUT2D eigenvalue weighted by Crippen LogP contribution is -2.36. The maximum Gasteiger partial charge on any atom is 0.417 e. The van der Waals surface area contributed by atoms with Gasteiger partial charge in [0.15, 0.2) is 0 Å². The van der Waals surface area contributed by atoms with Crippen LogP contribution >= 0.6 is 0 Å². The maximum atomic E-state index is 14.5. The minimum absolute atomic E-state index is 0.0337. The standard InChI is InChI=1S/C21H14F9N3O/c22-17-7-12(13-8-32-33(9-13)11-20(25,26)27)5-6-16(17)19(23,24)10-31-18(34)14-3-1-2-4-15(14)21(28,29)30/h1-9H,10-11H2,(H,31,34). The molecule has 3 rings (SSSR count). The van der Waals surface area contributed by atoms with Gasteiger partial charge in [-0.05, 0) is 29.8 Å². The Hall–Kier alpha value is -3.51. The Morgan fingerprint density at radius 2 is 1.59 bits per heavy atom. The van der Waals surface area contributed by atoms with Crippen molar-refractivity contribution in [1.29, 1.82) is 0 Å². The number of benzene rings is 2. The number of nitrogens with one attached hydrogen (secondary N) is 1. The summed E-state index contributed by atoms with van der Waals surface area (Å²) in [6, 6.07) is 5.91. The van der Waals surface area contributed by atoms with E-state index in [1.54, 1.807) is 5.32 Å². The first-order valence-corrected chi connectivity index (χ1v) is 9.39. The monoisotopic (exact) mass is 495 g/mol. The molecule has 1 aromatic heterocycles. The van der Waals surface area contributed by atoms with Crippen molar-refractivity contribution in [2.24, 2.45) is 0 Å². The smallest absolute Gasteiger partial charge is 0.346 e. The molecule has 0 unspecified atom stereocenters. The summed E-state index contributed by atoms with van der Waals surface area (Å²) in [4.78, 5) is 12.1. The van der Waals surface area contributed by atoms with E-state index in [1.807, 2.05) is 0 Å². The summed E-state index contributed by atoms with van der Waals surface area (Å²) in [5, 5.41) is 5.15. The SMILES string of the molecule is O=C(NCC(F)(F)c1ccc(-c2cnn(CC(F)(F)F)c2)cc1F)c1ccccc1C(F)(F)F. The molecule has 0 radical (unpaired) electrons. The van der Waals surface area contributed by atoms with Gasteiger partial charge in [0, 0.05) is 11.8 Å². The third kappa shape index (κ3) is 5.88. The molecule has 0 aliphatic rings. The van der Waals surface area contributed by atoms with Crippen molar-refractivity contribution in [3.8, 4) is 11.1 Å². The second kappa shape index (κ2) is 9.03. The highest BCUT2D eigenvalue weighted by atomic mass is 19.4. The summed E-state index contributed by atoms with van der Waals surface area (Å²) in [6.07, 6.45) is -7.49. The van der Waals surface area contributed by atoms with Crippen LogP contribution in [0.15, 0.2) is 54.9 Å². The Bertz CT molecular complexity index is 1180. The van der Waals surface area contributed by atoms with Crippen LogP contribution in [0.2, 0.25) is 0 Å². The second-order valence-electron chi connectivity index (χ2n) is 7.17. The summed E-state index contributed by atoms with van der Waals surface area (Å²) in [5.74, 6) is -6.87. The van der Waals surface area contributed by atoms with Crippen LogP contribution in [0, 0.1) is 5.82 Å². The van der Waals surface area contributed by atoms with Crippen LogP contribution in [0.3, 0.4) is 0 Å². The average molecular weight is 495 g/mol. The molecule has 0 saturated heterocycles. The van der Waals surface area contributed by atoms with Crippen molar-refractivity contribution >= 4 is 5.91 Å². The molecule has 1 amide bonds. The zero-order chi connectivity index (χ0) is 25.3. The van der Waals surface area contributed by atoms with Crippen LogP contribution in [0.25, 0.3) is 11.1 Å². The molecule has 34 heavy (non-hydrogen) atoms. The van der Waals surface area contributed by atoms with Crippen molar-refractivity contribution in [1.82, 2.24) is 15.1 Å². The lowest BCUT2D eigenvalue weighted by atomic mass is 10.0. The van der Waals surface area contributed by atoms with Gasteiger partial charge in [0.25, 0.3) is 11.8 Å². The quantitative estimate of drug-likeness (QED) is 0.440. The molecular weight excluding hydrogens is 481 g/mol. The average Bonchev–Trinajstić information content (AvgIpc) is 3.18. The minimum Gasteiger partial charge on any atom is -0.346 e. The minimum atomic E-state index is -4.90. The molecule has 0 bridgehead atoms. The van der Waals surface area contributed by atoms with E-state index < -0.39 is 59.8 Å². The fourth-order valence-corrected chi connectivity index (χ4v) is 3.08. The van der Waals surface area contributed by atoms with Gasteiger partial charge in [-0.1, -0.05) is 18.2 Å². The number of nitrogens with zero attached hydrogens (tertiary/aromatic N) is 2. The van der Waals surface area contributed by atoms with Crippen LogP contribution < -0.4 is 5.32 Å². The fraction of sp³-hybridized carbons (Fsp3) is 0.238. The fourth-order valence-electron chi connectivity index (χ4n) is 3.08. The normalized spacial score (nSPS) is 12.6. The highest BCUT2D eigenvalue weighted by Gasteiger charge is 2.38. The summed E-state index contributed by atoms with van der Waals surface area (Å²) in [5.41, 5.74) is -3.36. The molecule has 3 aromatic rings. The number of hydrogen-bond acceptors (Lipinski definition) is 2. The Morgan fingerprint density at radius 1 is 0.912 bits per heavy atom. The second-order valence-corrected chi connectivity index (χ2v) is 7.17. The molecule has 4 nitrogen and oxygen atoms in total. The third-order valence-electron chi connectivity index (χ3n) is 4.62. The number of hydrogen-bond donors (Lipinski definition) is 1. The van der Waals surface area contributed by atoms with E-state index in [4.69, 9.17) is 0 Å². The third-order valence-corrected chi connectivity index (χ3v) is 4.62. The largest absolute Gasteiger partial charge is 0.417 e. The molecule has 0 spiro atoms. The Labute approximate surface area is 186 Å². The van der Waals surface area contributed by atoms with E-state index in [0.717, 1.165) is 36.7 Å². The van der Waals surface area contributed by atoms with E-state index in [-0.39, 0.29) is 11.1 Å². The molecule has 13 heteroatoms. The predicted octanol–water partition coefficient (Wildman–Crippen LogP) is 5.79. The molecular formula is C21H14F9N3O. The first-order chi connectivity index (χ1) is 15.7. The van der Waals surface area contributed by atoms with Crippen LogP contribution in [0.4, 0.5) is 39.5 Å². The van der Waals surface area contributed by atoms with Crippen LogP contribution in [0.1, 0.15) is 21.5 Å².